The summed E-state index contributed by atoms with van der Waals surface area (Å²) in [7, 11) is 5.76. The van der Waals surface area contributed by atoms with E-state index in [0.29, 0.717) is 19.8 Å². The number of nitrogens with zero attached hydrogens (tertiary/aromatic N) is 3. The summed E-state index contributed by atoms with van der Waals surface area (Å²) in [6.07, 6.45) is 2.66. The molecular weight excluding hydrogens is 493 g/mol. The maximum atomic E-state index is 5.71. The molecule has 0 unspecified atom stereocenters. The average molecular weight is 527 g/mol. The zero-order chi connectivity index (χ0) is 21.1. The van der Waals surface area contributed by atoms with Crippen LogP contribution in [0.4, 0.5) is 5.82 Å². The molecule has 0 saturated carbocycles. The molecule has 0 amide bonds. The fourth-order valence-corrected chi connectivity index (χ4v) is 2.95. The quantitative estimate of drug-likeness (QED) is 0.280. The number of benzene rings is 1. The number of rotatable bonds is 10. The summed E-state index contributed by atoms with van der Waals surface area (Å²) in [5.41, 5.74) is 2.30. The molecule has 166 valence electrons. The SMILES string of the molecule is CCOc1ccc(CCNC(=NC)NCc2cccnc2N(C)C)cc1OCC.I. The van der Waals surface area contributed by atoms with Gasteiger partial charge in [-0.3, -0.25) is 4.99 Å². The Kier molecular flexibility index (Phi) is 12.0. The van der Waals surface area contributed by atoms with Gasteiger partial charge >= 0.3 is 0 Å². The van der Waals surface area contributed by atoms with E-state index in [-0.39, 0.29) is 24.0 Å². The van der Waals surface area contributed by atoms with Gasteiger partial charge < -0.3 is 25.0 Å². The summed E-state index contributed by atoms with van der Waals surface area (Å²) in [5.74, 6) is 3.29. The fraction of sp³-hybridized carbons (Fsp3) is 0.455. The van der Waals surface area contributed by atoms with E-state index < -0.39 is 0 Å². The highest BCUT2D eigenvalue weighted by molar-refractivity contribution is 14.0. The Balaban J connectivity index is 0.00000450. The zero-order valence-electron chi connectivity index (χ0n) is 18.6. The lowest BCUT2D eigenvalue weighted by Crippen LogP contribution is -2.38. The first-order valence-electron chi connectivity index (χ1n) is 10.0. The third-order valence-electron chi connectivity index (χ3n) is 4.27. The van der Waals surface area contributed by atoms with Crippen LogP contribution in [0.1, 0.15) is 25.0 Å². The van der Waals surface area contributed by atoms with Gasteiger partial charge in [-0.1, -0.05) is 12.1 Å². The number of hydrogen-bond acceptors (Lipinski definition) is 5. The van der Waals surface area contributed by atoms with Crippen LogP contribution >= 0.6 is 24.0 Å². The molecule has 1 heterocycles. The molecular formula is C22H34IN5O2. The van der Waals surface area contributed by atoms with E-state index in [9.17, 15) is 0 Å². The molecule has 8 heteroatoms. The average Bonchev–Trinajstić information content (AvgIpc) is 2.72. The molecule has 0 bridgehead atoms. The number of pyridine rings is 1. The Labute approximate surface area is 197 Å². The zero-order valence-corrected chi connectivity index (χ0v) is 20.9. The van der Waals surface area contributed by atoms with Crippen molar-refractivity contribution in [2.45, 2.75) is 26.8 Å². The van der Waals surface area contributed by atoms with Gasteiger partial charge in [-0.25, -0.2) is 4.98 Å². The molecule has 30 heavy (non-hydrogen) atoms. The summed E-state index contributed by atoms with van der Waals surface area (Å²) in [6, 6.07) is 10.1. The second-order valence-electron chi connectivity index (χ2n) is 6.63. The number of halogens is 1. The number of ether oxygens (including phenoxy) is 2. The van der Waals surface area contributed by atoms with Crippen LogP contribution < -0.4 is 25.0 Å². The highest BCUT2D eigenvalue weighted by atomic mass is 127. The molecule has 0 aliphatic rings. The third-order valence-corrected chi connectivity index (χ3v) is 4.27. The van der Waals surface area contributed by atoms with Crippen molar-refractivity contribution in [3.8, 4) is 11.5 Å². The molecule has 0 spiro atoms. The summed E-state index contributed by atoms with van der Waals surface area (Å²) in [6.45, 7) is 6.59. The van der Waals surface area contributed by atoms with Gasteiger partial charge in [-0.2, -0.15) is 0 Å². The Hall–Kier alpha value is -2.23. The monoisotopic (exact) mass is 527 g/mol. The molecule has 7 nitrogen and oxygen atoms in total. The lowest BCUT2D eigenvalue weighted by atomic mass is 10.1. The van der Waals surface area contributed by atoms with Crippen molar-refractivity contribution in [2.24, 2.45) is 4.99 Å². The first-order valence-corrected chi connectivity index (χ1v) is 10.0. The fourth-order valence-electron chi connectivity index (χ4n) is 2.95. The van der Waals surface area contributed by atoms with Crippen molar-refractivity contribution in [2.75, 3.05) is 45.8 Å². The maximum absolute atomic E-state index is 5.71. The topological polar surface area (TPSA) is 71.0 Å². The van der Waals surface area contributed by atoms with Crippen LogP contribution in [0, 0.1) is 0 Å². The normalized spacial score (nSPS) is 10.8. The molecule has 2 aromatic rings. The van der Waals surface area contributed by atoms with Crippen molar-refractivity contribution in [3.05, 3.63) is 47.7 Å². The maximum Gasteiger partial charge on any atom is 0.191 e. The minimum Gasteiger partial charge on any atom is -0.490 e. The van der Waals surface area contributed by atoms with Crippen LogP contribution in [0.3, 0.4) is 0 Å². The van der Waals surface area contributed by atoms with Crippen molar-refractivity contribution in [1.29, 1.82) is 0 Å². The third kappa shape index (κ3) is 7.89. The van der Waals surface area contributed by atoms with E-state index >= 15 is 0 Å². The molecule has 0 radical (unpaired) electrons. The van der Waals surface area contributed by atoms with Crippen LogP contribution in [0.2, 0.25) is 0 Å². The number of hydrogen-bond donors (Lipinski definition) is 2. The first-order chi connectivity index (χ1) is 14.1. The van der Waals surface area contributed by atoms with Crippen molar-refractivity contribution in [3.63, 3.8) is 0 Å². The number of anilines is 1. The van der Waals surface area contributed by atoms with Gasteiger partial charge in [0.2, 0.25) is 0 Å². The minimum absolute atomic E-state index is 0. The predicted octanol–water partition coefficient (Wildman–Crippen LogP) is 3.47. The smallest absolute Gasteiger partial charge is 0.191 e. The number of aliphatic imine (C=N–C) groups is 1. The van der Waals surface area contributed by atoms with E-state index in [2.05, 4.69) is 32.7 Å². The molecule has 0 atom stereocenters. The summed E-state index contributed by atoms with van der Waals surface area (Å²) < 4.78 is 11.3. The Morgan fingerprint density at radius 3 is 2.47 bits per heavy atom. The Morgan fingerprint density at radius 2 is 1.80 bits per heavy atom. The van der Waals surface area contributed by atoms with E-state index in [4.69, 9.17) is 9.47 Å². The van der Waals surface area contributed by atoms with Gasteiger partial charge in [0.05, 0.1) is 13.2 Å². The van der Waals surface area contributed by atoms with E-state index in [1.807, 2.05) is 51.0 Å². The van der Waals surface area contributed by atoms with Crippen molar-refractivity contribution < 1.29 is 9.47 Å². The second-order valence-corrected chi connectivity index (χ2v) is 6.63. The molecule has 0 aliphatic carbocycles. The molecule has 2 N–H and O–H groups in total. The molecule has 1 aromatic heterocycles. The lowest BCUT2D eigenvalue weighted by Gasteiger charge is -2.17. The molecule has 0 fully saturated rings. The molecule has 0 aliphatic heterocycles. The van der Waals surface area contributed by atoms with E-state index in [0.717, 1.165) is 41.8 Å². The largest absolute Gasteiger partial charge is 0.490 e. The van der Waals surface area contributed by atoms with Crippen LogP contribution in [-0.4, -0.2) is 51.8 Å². The van der Waals surface area contributed by atoms with Gasteiger partial charge in [0.25, 0.3) is 0 Å². The minimum atomic E-state index is 0. The van der Waals surface area contributed by atoms with Gasteiger partial charge in [0.1, 0.15) is 5.82 Å². The summed E-state index contributed by atoms with van der Waals surface area (Å²) in [4.78, 5) is 10.7. The highest BCUT2D eigenvalue weighted by Crippen LogP contribution is 2.28. The second kappa shape index (κ2) is 13.9. The number of aromatic nitrogens is 1. The lowest BCUT2D eigenvalue weighted by molar-refractivity contribution is 0.287. The first kappa shape index (κ1) is 25.8. The standard InChI is InChI=1S/C22H33N5O2.HI/c1-6-28-19-11-10-17(15-20(19)29-7-2)12-14-25-22(23-3)26-16-18-9-8-13-24-21(18)27(4)5;/h8-11,13,15H,6-7,12,14,16H2,1-5H3,(H2,23,25,26);1H. The number of guanidine groups is 1. The van der Waals surface area contributed by atoms with E-state index in [1.54, 1.807) is 13.2 Å². The van der Waals surface area contributed by atoms with Crippen molar-refractivity contribution >= 4 is 35.8 Å². The van der Waals surface area contributed by atoms with Crippen molar-refractivity contribution in [1.82, 2.24) is 15.6 Å². The van der Waals surface area contributed by atoms with Gasteiger partial charge in [-0.15, -0.1) is 24.0 Å². The highest BCUT2D eigenvalue weighted by Gasteiger charge is 2.08. The van der Waals surface area contributed by atoms with Gasteiger partial charge in [-0.05, 0) is 44.0 Å². The van der Waals surface area contributed by atoms with E-state index in [1.165, 1.54) is 5.56 Å². The summed E-state index contributed by atoms with van der Waals surface area (Å²) >= 11 is 0. The Morgan fingerprint density at radius 1 is 1.07 bits per heavy atom. The van der Waals surface area contributed by atoms with Crippen LogP contribution in [0.25, 0.3) is 0 Å². The molecule has 0 saturated heterocycles. The predicted molar refractivity (Wildman–Crippen MR) is 135 cm³/mol. The number of nitrogens with one attached hydrogen (secondary N) is 2. The van der Waals surface area contributed by atoms with Gasteiger partial charge in [0, 0.05) is 46.0 Å². The van der Waals surface area contributed by atoms with Crippen LogP contribution in [0.5, 0.6) is 11.5 Å². The van der Waals surface area contributed by atoms with Crippen LogP contribution in [0.15, 0.2) is 41.5 Å². The summed E-state index contributed by atoms with van der Waals surface area (Å²) in [5, 5.41) is 6.71. The Bertz CT molecular complexity index is 799. The van der Waals surface area contributed by atoms with Crippen LogP contribution in [-0.2, 0) is 13.0 Å². The van der Waals surface area contributed by atoms with Gasteiger partial charge in [0.15, 0.2) is 17.5 Å². The molecule has 2 rings (SSSR count). The molecule has 1 aromatic carbocycles.